The van der Waals surface area contributed by atoms with Crippen molar-refractivity contribution in [1.29, 1.82) is 0 Å². The molecule has 0 saturated carbocycles. The summed E-state index contributed by atoms with van der Waals surface area (Å²) in [6.45, 7) is 14.0. The van der Waals surface area contributed by atoms with Crippen LogP contribution in [-0.4, -0.2) is 17.5 Å². The summed E-state index contributed by atoms with van der Waals surface area (Å²) in [6.07, 6.45) is 7.33. The van der Waals surface area contributed by atoms with E-state index in [0.29, 0.717) is 0 Å². The summed E-state index contributed by atoms with van der Waals surface area (Å²) in [4.78, 5) is 0. The van der Waals surface area contributed by atoms with Crippen LogP contribution in [0.2, 0.25) is 0 Å². The number of hydrogen-bond acceptors (Lipinski definition) is 0. The third-order valence-corrected chi connectivity index (χ3v) is 5.70. The number of hydrogen-bond donors (Lipinski definition) is 0. The van der Waals surface area contributed by atoms with E-state index in [1.807, 2.05) is 0 Å². The van der Waals surface area contributed by atoms with Crippen LogP contribution in [0.15, 0.2) is 12.2 Å². The van der Waals surface area contributed by atoms with E-state index in [-0.39, 0.29) is 7.92 Å². The maximum absolute atomic E-state index is 4.49. The third kappa shape index (κ3) is 11.6. The molecule has 0 aliphatic rings. The molecule has 0 nitrogen and oxygen atoms in total. The summed E-state index contributed by atoms with van der Waals surface area (Å²) in [5.74, 6) is 0.801. The van der Waals surface area contributed by atoms with Crippen LogP contribution in [0.25, 0.3) is 0 Å². The van der Waals surface area contributed by atoms with Gasteiger partial charge < -0.3 is 0 Å². The van der Waals surface area contributed by atoms with E-state index in [1.165, 1.54) is 12.6 Å². The fraction of sp³-hybridized carbons (Fsp3) is 0.846. The van der Waals surface area contributed by atoms with E-state index in [4.69, 9.17) is 0 Å². The van der Waals surface area contributed by atoms with Gasteiger partial charge in [-0.15, -0.1) is 0 Å². The van der Waals surface area contributed by atoms with E-state index in [0.717, 1.165) is 17.2 Å². The van der Waals surface area contributed by atoms with Gasteiger partial charge in [-0.1, -0.05) is 61.6 Å². The molecule has 0 spiro atoms. The maximum atomic E-state index is 4.49. The summed E-state index contributed by atoms with van der Waals surface area (Å²) in [7, 11) is 4.69. The minimum atomic E-state index is 0.204. The number of allylic oxidation sites excluding steroid dienone is 2. The Hall–Kier alpha value is 1.12. The molecule has 0 radical (unpaired) electrons. The zero-order valence-corrected chi connectivity index (χ0v) is 14.6. The molecule has 3 heteroatoms. The van der Waals surface area contributed by atoms with Crippen molar-refractivity contribution in [2.24, 2.45) is 5.92 Å². The molecule has 0 saturated heterocycles. The Morgan fingerprint density at radius 3 is 1.69 bits per heavy atom. The Morgan fingerprint density at radius 1 is 0.938 bits per heavy atom. The number of rotatable bonds is 6. The topological polar surface area (TPSA) is 0 Å². The molecule has 0 atom stereocenters. The predicted molar refractivity (Wildman–Crippen MR) is 76.5 cm³/mol. The molecule has 0 aromatic carbocycles. The second kappa shape index (κ2) is 12.6. The molecule has 0 aromatic rings. The molecule has 0 rings (SSSR count). The van der Waals surface area contributed by atoms with Crippen molar-refractivity contribution in [3.8, 4) is 0 Å². The van der Waals surface area contributed by atoms with Crippen molar-refractivity contribution in [3.05, 3.63) is 12.2 Å². The van der Waals surface area contributed by atoms with E-state index in [1.54, 1.807) is 0 Å². The van der Waals surface area contributed by atoms with Crippen LogP contribution in [0.4, 0.5) is 0 Å². The third-order valence-electron chi connectivity index (χ3n) is 2.42. The molecule has 0 aliphatic heterocycles. The van der Waals surface area contributed by atoms with Gasteiger partial charge in [0.05, 0.1) is 0 Å². The van der Waals surface area contributed by atoms with Crippen molar-refractivity contribution >= 4 is 17.5 Å². The van der Waals surface area contributed by atoms with Crippen molar-refractivity contribution in [2.45, 2.75) is 59.3 Å². The van der Waals surface area contributed by atoms with E-state index in [2.05, 4.69) is 81.4 Å². The first-order valence-corrected chi connectivity index (χ1v) is 9.64. The first-order valence-electron chi connectivity index (χ1n) is 5.97. The van der Waals surface area contributed by atoms with Crippen molar-refractivity contribution in [3.63, 3.8) is 0 Å². The van der Waals surface area contributed by atoms with Gasteiger partial charge in [-0.2, -0.15) is 0 Å². The van der Waals surface area contributed by atoms with Crippen LogP contribution in [0.1, 0.15) is 48.0 Å². The quantitative estimate of drug-likeness (QED) is 0.331. The molecule has 0 aliphatic carbocycles. The molecule has 0 bridgehead atoms. The van der Waals surface area contributed by atoms with Crippen LogP contribution < -0.4 is 0 Å². The molecule has 0 aromatic heterocycles. The average Bonchev–Trinajstić information content (AvgIpc) is 2.18. The molecule has 0 unspecified atom stereocenters. The zero-order chi connectivity index (χ0) is 13.1. The monoisotopic (exact) mass is 355 g/mol. The number of halogens is 1. The Balaban J connectivity index is 0. The van der Waals surface area contributed by atoms with Crippen LogP contribution in [0.5, 0.6) is 0 Å². The first kappa shape index (κ1) is 19.5. The molecular weight excluding hydrogens is 329 g/mol. The molecular formula is C13H27ClPPd. The fourth-order valence-electron chi connectivity index (χ4n) is 1.58. The molecule has 0 amide bonds. The normalized spacial score (nSPS) is 11.8. The van der Waals surface area contributed by atoms with Gasteiger partial charge in [-0.25, -0.2) is 0 Å². The standard InChI is InChI=1S/C13H27P.ClH.Pd/c1-11(2)9-7-8-10-14(12(3)4)13(5)6;;/h7-8,11-13H,9-10H2,1-6H3;1H;/q;;+1/p-1. The average molecular weight is 356 g/mol. The summed E-state index contributed by atoms with van der Waals surface area (Å²) < 4.78 is 0. The first-order chi connectivity index (χ1) is 7.45. The Labute approximate surface area is 119 Å². The van der Waals surface area contributed by atoms with E-state index < -0.39 is 0 Å². The SMILES string of the molecule is CC(C)CC=CCP(C(C)C)C(C)C.[Cl][Pd]. The Kier molecular flexibility index (Phi) is 15.3. The molecule has 16 heavy (non-hydrogen) atoms. The van der Waals surface area contributed by atoms with Gasteiger partial charge >= 0.3 is 27.7 Å². The van der Waals surface area contributed by atoms with Crippen LogP contribution in [0, 0.1) is 5.92 Å². The zero-order valence-electron chi connectivity index (χ0n) is 11.4. The minimum absolute atomic E-state index is 0.204. The van der Waals surface area contributed by atoms with Crippen molar-refractivity contribution in [1.82, 2.24) is 0 Å². The second-order valence-electron chi connectivity index (χ2n) is 4.99. The Bertz CT molecular complexity index is 159. The van der Waals surface area contributed by atoms with Gasteiger partial charge in [0.2, 0.25) is 0 Å². The Morgan fingerprint density at radius 2 is 1.38 bits per heavy atom. The van der Waals surface area contributed by atoms with Gasteiger partial charge in [0, 0.05) is 0 Å². The summed E-state index contributed by atoms with van der Waals surface area (Å²) in [5, 5.41) is 0. The van der Waals surface area contributed by atoms with Gasteiger partial charge in [-0.05, 0) is 29.8 Å². The van der Waals surface area contributed by atoms with E-state index >= 15 is 0 Å². The van der Waals surface area contributed by atoms with Crippen LogP contribution in [0.3, 0.4) is 0 Å². The summed E-state index contributed by atoms with van der Waals surface area (Å²) >= 11 is 2.22. The molecule has 0 heterocycles. The summed E-state index contributed by atoms with van der Waals surface area (Å²) in [5.41, 5.74) is 1.74. The fourth-order valence-corrected chi connectivity index (χ4v) is 4.01. The van der Waals surface area contributed by atoms with Crippen LogP contribution in [-0.2, 0) is 18.2 Å². The summed E-state index contributed by atoms with van der Waals surface area (Å²) in [6, 6.07) is 0. The van der Waals surface area contributed by atoms with Gasteiger partial charge in [-0.3, -0.25) is 0 Å². The van der Waals surface area contributed by atoms with Crippen LogP contribution >= 0.6 is 17.5 Å². The molecule has 0 N–H and O–H groups in total. The molecule has 101 valence electrons. The second-order valence-corrected chi connectivity index (χ2v) is 8.44. The van der Waals surface area contributed by atoms with Crippen molar-refractivity contribution in [2.75, 3.05) is 6.16 Å². The molecule has 0 fully saturated rings. The van der Waals surface area contributed by atoms with Gasteiger partial charge in [0.25, 0.3) is 0 Å². The van der Waals surface area contributed by atoms with E-state index in [9.17, 15) is 0 Å². The van der Waals surface area contributed by atoms with Crippen molar-refractivity contribution < 1.29 is 18.2 Å². The van der Waals surface area contributed by atoms with Gasteiger partial charge in [0.15, 0.2) is 0 Å². The predicted octanol–water partition coefficient (Wildman–Crippen LogP) is 5.57. The van der Waals surface area contributed by atoms with Gasteiger partial charge in [0.1, 0.15) is 0 Å².